The van der Waals surface area contributed by atoms with Gasteiger partial charge in [-0.2, -0.15) is 0 Å². The number of fused-ring (bicyclic) bond motifs is 2. The number of aryl methyl sites for hydroxylation is 1. The van der Waals surface area contributed by atoms with Crippen LogP contribution in [-0.2, 0) is 0 Å². The first-order chi connectivity index (χ1) is 18.8. The molecule has 7 nitrogen and oxygen atoms in total. The van der Waals surface area contributed by atoms with Crippen LogP contribution in [0.1, 0.15) is 46.0 Å². The second kappa shape index (κ2) is 11.1. The Balaban J connectivity index is 1.34. The lowest BCUT2D eigenvalue weighted by Crippen LogP contribution is -2.31. The van der Waals surface area contributed by atoms with Crippen LogP contribution in [0, 0.1) is 6.92 Å². The van der Waals surface area contributed by atoms with Crippen molar-refractivity contribution in [2.75, 3.05) is 19.0 Å². The lowest BCUT2D eigenvalue weighted by Gasteiger charge is -2.21. The number of rotatable bonds is 9. The van der Waals surface area contributed by atoms with Gasteiger partial charge in [-0.3, -0.25) is 19.5 Å². The molecule has 1 aromatic heterocycles. The molecule has 0 radical (unpaired) electrons. The number of halogens is 2. The molecule has 2 heterocycles. The molecule has 2 amide bonds. The molecule has 1 aliphatic heterocycles. The van der Waals surface area contributed by atoms with E-state index in [4.69, 9.17) is 32.7 Å². The Kier molecular flexibility index (Phi) is 7.64. The van der Waals surface area contributed by atoms with E-state index in [1.165, 1.54) is 4.90 Å². The third kappa shape index (κ3) is 5.24. The average Bonchev–Trinajstić information content (AvgIpc) is 3.17. The van der Waals surface area contributed by atoms with Crippen molar-refractivity contribution < 1.29 is 19.1 Å². The molecule has 0 spiro atoms. The van der Waals surface area contributed by atoms with Gasteiger partial charge in [-0.25, -0.2) is 0 Å². The number of carbonyl (C=O) groups excluding carboxylic acids is 2. The van der Waals surface area contributed by atoms with Crippen LogP contribution in [-0.4, -0.2) is 41.4 Å². The van der Waals surface area contributed by atoms with Crippen molar-refractivity contribution in [1.29, 1.82) is 0 Å². The fourth-order valence-electron chi connectivity index (χ4n) is 4.79. The highest BCUT2D eigenvalue weighted by Gasteiger charge is 2.34. The van der Waals surface area contributed by atoms with Crippen LogP contribution < -0.4 is 14.8 Å². The number of amides is 2. The number of ether oxygens (including phenoxy) is 2. The molecule has 0 saturated carbocycles. The summed E-state index contributed by atoms with van der Waals surface area (Å²) in [5, 5.41) is 5.17. The zero-order valence-corrected chi connectivity index (χ0v) is 23.3. The standard InChI is InChI=1S/C30H27Cl2N3O4/c1-17-12-13-33-27-24(16-25(38-3)28(26(17)27)39-19-10-11-22(31)23(32)15-19)34-18(2)7-6-14-35-29(36)20-8-4-5-9-21(20)30(35)37/h4-5,8-13,15-16,18,34H,6-7,14H2,1-3H3. The van der Waals surface area contributed by atoms with Gasteiger partial charge in [0, 0.05) is 30.9 Å². The van der Waals surface area contributed by atoms with Gasteiger partial charge in [0.2, 0.25) is 0 Å². The molecule has 200 valence electrons. The van der Waals surface area contributed by atoms with E-state index < -0.39 is 0 Å². The maximum atomic E-state index is 12.7. The normalized spacial score (nSPS) is 13.5. The predicted molar refractivity (Wildman–Crippen MR) is 154 cm³/mol. The second-order valence-electron chi connectivity index (χ2n) is 9.48. The molecule has 0 aliphatic carbocycles. The number of aromatic nitrogens is 1. The largest absolute Gasteiger partial charge is 0.493 e. The summed E-state index contributed by atoms with van der Waals surface area (Å²) in [5.41, 5.74) is 3.43. The topological polar surface area (TPSA) is 80.8 Å². The van der Waals surface area contributed by atoms with Crippen LogP contribution in [0.3, 0.4) is 0 Å². The molecule has 1 unspecified atom stereocenters. The fraction of sp³-hybridized carbons (Fsp3) is 0.233. The lowest BCUT2D eigenvalue weighted by atomic mass is 10.1. The van der Waals surface area contributed by atoms with Crippen LogP contribution in [0.15, 0.2) is 60.8 Å². The summed E-state index contributed by atoms with van der Waals surface area (Å²) < 4.78 is 12.0. The van der Waals surface area contributed by atoms with Crippen LogP contribution in [0.5, 0.6) is 17.2 Å². The molecule has 0 fully saturated rings. The van der Waals surface area contributed by atoms with E-state index in [0.717, 1.165) is 28.6 Å². The van der Waals surface area contributed by atoms with Gasteiger partial charge >= 0.3 is 0 Å². The highest BCUT2D eigenvalue weighted by atomic mass is 35.5. The lowest BCUT2D eigenvalue weighted by molar-refractivity contribution is 0.0651. The zero-order chi connectivity index (χ0) is 27.7. The summed E-state index contributed by atoms with van der Waals surface area (Å²) in [6.07, 6.45) is 3.13. The molecule has 5 rings (SSSR count). The van der Waals surface area contributed by atoms with Gasteiger partial charge in [-0.15, -0.1) is 0 Å². The molecule has 0 saturated heterocycles. The van der Waals surface area contributed by atoms with Crippen LogP contribution in [0.4, 0.5) is 5.69 Å². The van der Waals surface area contributed by atoms with Crippen molar-refractivity contribution in [3.05, 3.63) is 87.5 Å². The highest BCUT2D eigenvalue weighted by molar-refractivity contribution is 6.42. The summed E-state index contributed by atoms with van der Waals surface area (Å²) in [5.74, 6) is 1.12. The first-order valence-electron chi connectivity index (χ1n) is 12.6. The number of hydrogen-bond acceptors (Lipinski definition) is 6. The zero-order valence-electron chi connectivity index (χ0n) is 21.8. The van der Waals surface area contributed by atoms with Crippen molar-refractivity contribution in [1.82, 2.24) is 9.88 Å². The summed E-state index contributed by atoms with van der Waals surface area (Å²) in [6, 6.07) is 15.8. The van der Waals surface area contributed by atoms with Gasteiger partial charge in [0.25, 0.3) is 11.8 Å². The van der Waals surface area contributed by atoms with Crippen LogP contribution in [0.25, 0.3) is 10.9 Å². The molecule has 4 aromatic rings. The summed E-state index contributed by atoms with van der Waals surface area (Å²) in [6.45, 7) is 4.40. The van der Waals surface area contributed by atoms with Gasteiger partial charge in [0.1, 0.15) is 5.75 Å². The third-order valence-corrected chi connectivity index (χ3v) is 7.51. The van der Waals surface area contributed by atoms with Crippen LogP contribution in [0.2, 0.25) is 10.0 Å². The maximum Gasteiger partial charge on any atom is 0.261 e. The molecule has 1 atom stereocenters. The molecule has 3 aromatic carbocycles. The van der Waals surface area contributed by atoms with E-state index in [1.807, 2.05) is 19.1 Å². The molecule has 0 bridgehead atoms. The number of anilines is 1. The molecule has 1 aliphatic rings. The van der Waals surface area contributed by atoms with Gasteiger partial charge < -0.3 is 14.8 Å². The Morgan fingerprint density at radius 1 is 1.00 bits per heavy atom. The minimum absolute atomic E-state index is 0.0252. The third-order valence-electron chi connectivity index (χ3n) is 6.77. The van der Waals surface area contributed by atoms with E-state index in [1.54, 1.807) is 55.8 Å². The van der Waals surface area contributed by atoms with Crippen molar-refractivity contribution in [2.45, 2.75) is 32.7 Å². The number of nitrogens with zero attached hydrogens (tertiary/aromatic N) is 2. The number of nitrogens with one attached hydrogen (secondary N) is 1. The Labute approximate surface area is 236 Å². The molecular formula is C30H27Cl2N3O4. The SMILES string of the molecule is COc1cc(NC(C)CCCN2C(=O)c3ccccc3C2=O)c2nccc(C)c2c1Oc1ccc(Cl)c(Cl)c1. The number of methoxy groups -OCH3 is 1. The van der Waals surface area contributed by atoms with E-state index in [-0.39, 0.29) is 17.9 Å². The molecule has 39 heavy (non-hydrogen) atoms. The molecule has 9 heteroatoms. The van der Waals surface area contributed by atoms with Gasteiger partial charge in [-0.05, 0) is 62.6 Å². The Morgan fingerprint density at radius 2 is 1.72 bits per heavy atom. The van der Waals surface area contributed by atoms with E-state index in [9.17, 15) is 9.59 Å². The average molecular weight is 564 g/mol. The Morgan fingerprint density at radius 3 is 2.38 bits per heavy atom. The van der Waals surface area contributed by atoms with Gasteiger partial charge in [0.05, 0.1) is 44.9 Å². The first kappa shape index (κ1) is 26.8. The number of carbonyl (C=O) groups is 2. The Hall–Kier alpha value is -3.81. The smallest absolute Gasteiger partial charge is 0.261 e. The van der Waals surface area contributed by atoms with Gasteiger partial charge in [-0.1, -0.05) is 35.3 Å². The quantitative estimate of drug-likeness (QED) is 0.212. The maximum absolute atomic E-state index is 12.7. The van der Waals surface area contributed by atoms with Crippen molar-refractivity contribution in [2.24, 2.45) is 0 Å². The number of imide groups is 1. The van der Waals surface area contributed by atoms with Crippen molar-refractivity contribution >= 4 is 51.6 Å². The molecule has 1 N–H and O–H groups in total. The summed E-state index contributed by atoms with van der Waals surface area (Å²) >= 11 is 12.3. The monoisotopic (exact) mass is 563 g/mol. The fourth-order valence-corrected chi connectivity index (χ4v) is 5.08. The summed E-state index contributed by atoms with van der Waals surface area (Å²) in [4.78, 5) is 31.3. The minimum atomic E-state index is -0.232. The van der Waals surface area contributed by atoms with Crippen molar-refractivity contribution in [3.63, 3.8) is 0 Å². The van der Waals surface area contributed by atoms with E-state index in [0.29, 0.717) is 51.4 Å². The Bertz CT molecular complexity index is 1560. The van der Waals surface area contributed by atoms with Crippen molar-refractivity contribution in [3.8, 4) is 17.2 Å². The molecular weight excluding hydrogens is 537 g/mol. The predicted octanol–water partition coefficient (Wildman–Crippen LogP) is 7.53. The minimum Gasteiger partial charge on any atom is -0.493 e. The van der Waals surface area contributed by atoms with Gasteiger partial charge in [0.15, 0.2) is 11.5 Å². The first-order valence-corrected chi connectivity index (χ1v) is 13.3. The van der Waals surface area contributed by atoms with Crippen LogP contribution >= 0.6 is 23.2 Å². The number of pyridine rings is 1. The number of benzene rings is 3. The van der Waals surface area contributed by atoms with E-state index in [2.05, 4.69) is 17.2 Å². The second-order valence-corrected chi connectivity index (χ2v) is 10.3. The highest BCUT2D eigenvalue weighted by Crippen LogP contribution is 2.44. The van der Waals surface area contributed by atoms with E-state index >= 15 is 0 Å². The number of hydrogen-bond donors (Lipinski definition) is 1. The summed E-state index contributed by atoms with van der Waals surface area (Å²) in [7, 11) is 1.59.